The highest BCUT2D eigenvalue weighted by Crippen LogP contribution is 2.70. The Morgan fingerprint density at radius 2 is 1.96 bits per heavy atom. The van der Waals surface area contributed by atoms with Crippen LogP contribution in [0.2, 0.25) is 0 Å². The molecule has 1 unspecified atom stereocenters. The summed E-state index contributed by atoms with van der Waals surface area (Å²) in [5.41, 5.74) is 1.15. The van der Waals surface area contributed by atoms with Crippen LogP contribution in [0.5, 0.6) is 0 Å². The smallest absolute Gasteiger partial charge is 0.411 e. The molecule has 0 N–H and O–H groups in total. The minimum atomic E-state index is -0.358. The molecule has 0 radical (unpaired) electrons. The third kappa shape index (κ3) is 1.85. The first-order chi connectivity index (χ1) is 10.9. The molecule has 23 heavy (non-hydrogen) atoms. The van der Waals surface area contributed by atoms with Crippen LogP contribution >= 0.6 is 0 Å². The van der Waals surface area contributed by atoms with Crippen molar-refractivity contribution >= 4 is 12.1 Å². The van der Waals surface area contributed by atoms with Crippen molar-refractivity contribution in [3.63, 3.8) is 0 Å². The molecule has 2 bridgehead atoms. The van der Waals surface area contributed by atoms with Gasteiger partial charge in [0.1, 0.15) is 5.60 Å². The largest absolute Gasteiger partial charge is 0.465 e. The van der Waals surface area contributed by atoms with Gasteiger partial charge in [0.05, 0.1) is 18.2 Å². The van der Waals surface area contributed by atoms with Gasteiger partial charge in [0, 0.05) is 12.5 Å². The second-order valence-electron chi connectivity index (χ2n) is 7.50. The second kappa shape index (κ2) is 4.49. The predicted octanol–water partition coefficient (Wildman–Crippen LogP) is 2.98. The zero-order valence-corrected chi connectivity index (χ0v) is 13.7. The number of esters is 1. The van der Waals surface area contributed by atoms with E-state index >= 15 is 0 Å². The van der Waals surface area contributed by atoms with Gasteiger partial charge in [-0.3, -0.25) is 4.90 Å². The molecule has 4 aliphatic rings. The van der Waals surface area contributed by atoms with Crippen LogP contribution in [0, 0.1) is 11.8 Å². The van der Waals surface area contributed by atoms with Gasteiger partial charge in [-0.2, -0.15) is 0 Å². The number of hydrogen-bond acceptors (Lipinski definition) is 4. The number of carbonyl (C=O) groups is 2. The number of nitrogens with zero attached hydrogens (tertiary/aromatic N) is 1. The summed E-state index contributed by atoms with van der Waals surface area (Å²) in [5.74, 6) is 0.791. The number of hydrogen-bond donors (Lipinski definition) is 0. The number of amides is 1. The van der Waals surface area contributed by atoms with Crippen molar-refractivity contribution < 1.29 is 19.1 Å². The van der Waals surface area contributed by atoms with E-state index < -0.39 is 0 Å². The molecule has 5 nitrogen and oxygen atoms in total. The molecule has 1 aliphatic heterocycles. The average molecular weight is 315 g/mol. The van der Waals surface area contributed by atoms with Gasteiger partial charge < -0.3 is 9.47 Å². The zero-order valence-electron chi connectivity index (χ0n) is 13.7. The number of methoxy groups -OCH3 is 1. The van der Waals surface area contributed by atoms with E-state index in [0.717, 1.165) is 18.4 Å². The van der Waals surface area contributed by atoms with Gasteiger partial charge >= 0.3 is 12.1 Å². The molecule has 122 valence electrons. The van der Waals surface area contributed by atoms with E-state index in [9.17, 15) is 9.59 Å². The van der Waals surface area contributed by atoms with Crippen molar-refractivity contribution in [1.82, 2.24) is 4.90 Å². The topological polar surface area (TPSA) is 55.8 Å². The lowest BCUT2D eigenvalue weighted by atomic mass is 9.37. The summed E-state index contributed by atoms with van der Waals surface area (Å²) >= 11 is 0. The van der Waals surface area contributed by atoms with E-state index in [0.29, 0.717) is 23.9 Å². The Morgan fingerprint density at radius 3 is 2.48 bits per heavy atom. The Labute approximate surface area is 135 Å². The van der Waals surface area contributed by atoms with E-state index in [-0.39, 0.29) is 23.2 Å². The van der Waals surface area contributed by atoms with E-state index in [1.807, 2.05) is 30.9 Å². The maximum atomic E-state index is 12.5. The second-order valence-corrected chi connectivity index (χ2v) is 7.50. The fourth-order valence-corrected chi connectivity index (χ4v) is 4.85. The molecule has 5 rings (SSSR count). The summed E-state index contributed by atoms with van der Waals surface area (Å²) < 4.78 is 10.4. The highest BCUT2D eigenvalue weighted by molar-refractivity contribution is 5.89. The lowest BCUT2D eigenvalue weighted by Crippen LogP contribution is -2.83. The molecule has 1 amide bonds. The average Bonchev–Trinajstić information content (AvgIpc) is 2.41. The van der Waals surface area contributed by atoms with Crippen LogP contribution in [0.4, 0.5) is 4.79 Å². The minimum Gasteiger partial charge on any atom is -0.465 e. The molecule has 5 heteroatoms. The fraction of sp³-hybridized carbons (Fsp3) is 0.556. The van der Waals surface area contributed by atoms with Crippen molar-refractivity contribution in [2.24, 2.45) is 11.8 Å². The van der Waals surface area contributed by atoms with Crippen molar-refractivity contribution in [1.29, 1.82) is 0 Å². The van der Waals surface area contributed by atoms with Gasteiger partial charge in [0.15, 0.2) is 0 Å². The monoisotopic (exact) mass is 315 g/mol. The third-order valence-corrected chi connectivity index (χ3v) is 5.85. The van der Waals surface area contributed by atoms with Crippen molar-refractivity contribution in [3.8, 4) is 0 Å². The molecule has 4 fully saturated rings. The number of ether oxygens (including phenoxy) is 2. The Balaban J connectivity index is 1.55. The first-order valence-corrected chi connectivity index (χ1v) is 8.05. The molecule has 0 aromatic heterocycles. The lowest BCUT2D eigenvalue weighted by molar-refractivity contribution is -0.293. The zero-order chi connectivity index (χ0) is 16.4. The summed E-state index contributed by atoms with van der Waals surface area (Å²) in [6.45, 7) is 4.58. The predicted molar refractivity (Wildman–Crippen MR) is 82.8 cm³/mol. The molecule has 1 aromatic rings. The summed E-state index contributed by atoms with van der Waals surface area (Å²) in [7, 11) is 1.37. The maximum absolute atomic E-state index is 12.5. The minimum absolute atomic E-state index is 0.00940. The molecular formula is C18H21NO4. The molecule has 1 heterocycles. The van der Waals surface area contributed by atoms with E-state index in [1.54, 1.807) is 12.1 Å². The Morgan fingerprint density at radius 1 is 1.30 bits per heavy atom. The Bertz CT molecular complexity index is 673. The van der Waals surface area contributed by atoms with Crippen molar-refractivity contribution in [2.75, 3.05) is 7.11 Å². The SMILES string of the molecule is COC(=O)c1ccc(CN2C(=O)OC(C)(C)C3C4CC32C4)cc1. The Hall–Kier alpha value is -2.04. The summed E-state index contributed by atoms with van der Waals surface area (Å²) in [4.78, 5) is 25.9. The van der Waals surface area contributed by atoms with Crippen LogP contribution in [-0.4, -0.2) is 35.2 Å². The van der Waals surface area contributed by atoms with Crippen LogP contribution in [0.3, 0.4) is 0 Å². The van der Waals surface area contributed by atoms with Gasteiger partial charge in [0.2, 0.25) is 0 Å². The Kier molecular flexibility index (Phi) is 2.84. The highest BCUT2D eigenvalue weighted by atomic mass is 16.6. The molecule has 1 aromatic carbocycles. The van der Waals surface area contributed by atoms with Gasteiger partial charge in [-0.15, -0.1) is 0 Å². The van der Waals surface area contributed by atoms with Crippen LogP contribution in [-0.2, 0) is 16.0 Å². The molecule has 1 spiro atoms. The standard InChI is InChI=1S/C18H21NO4/c1-17(2)14-13-8-18(14,9-13)19(16(21)23-17)10-11-4-6-12(7-5-11)15(20)22-3/h4-7,13-14H,8-10H2,1-3H3. The normalized spacial score (nSPS) is 33.0. The first kappa shape index (κ1) is 14.5. The van der Waals surface area contributed by atoms with Crippen LogP contribution in [0.1, 0.15) is 42.6 Å². The third-order valence-electron chi connectivity index (χ3n) is 5.85. The van der Waals surface area contributed by atoms with Crippen molar-refractivity contribution in [3.05, 3.63) is 35.4 Å². The molecular weight excluding hydrogens is 294 g/mol. The van der Waals surface area contributed by atoms with Crippen LogP contribution in [0.15, 0.2) is 24.3 Å². The van der Waals surface area contributed by atoms with Gasteiger partial charge in [0.25, 0.3) is 0 Å². The van der Waals surface area contributed by atoms with Gasteiger partial charge in [-0.05, 0) is 50.3 Å². The van der Waals surface area contributed by atoms with Crippen molar-refractivity contribution in [2.45, 2.75) is 44.4 Å². The summed E-state index contributed by atoms with van der Waals surface area (Å²) in [5, 5.41) is 0. The molecule has 3 aliphatic carbocycles. The van der Waals surface area contributed by atoms with Crippen LogP contribution in [0.25, 0.3) is 0 Å². The quantitative estimate of drug-likeness (QED) is 0.805. The van der Waals surface area contributed by atoms with E-state index in [4.69, 9.17) is 9.47 Å². The highest BCUT2D eigenvalue weighted by Gasteiger charge is 2.76. The van der Waals surface area contributed by atoms with E-state index in [1.165, 1.54) is 7.11 Å². The molecule has 1 saturated heterocycles. The number of carbonyl (C=O) groups excluding carboxylic acids is 2. The van der Waals surface area contributed by atoms with E-state index in [2.05, 4.69) is 0 Å². The summed E-state index contributed by atoms with van der Waals surface area (Å²) in [6.07, 6.45) is 1.97. The molecule has 1 atom stereocenters. The lowest BCUT2D eigenvalue weighted by Gasteiger charge is -2.76. The van der Waals surface area contributed by atoms with Gasteiger partial charge in [-0.25, -0.2) is 9.59 Å². The molecule has 3 saturated carbocycles. The fourth-order valence-electron chi connectivity index (χ4n) is 4.85. The van der Waals surface area contributed by atoms with Gasteiger partial charge in [-0.1, -0.05) is 12.1 Å². The number of cyclic esters (lactones) is 1. The maximum Gasteiger partial charge on any atom is 0.411 e. The number of benzene rings is 1. The first-order valence-electron chi connectivity index (χ1n) is 8.05. The summed E-state index contributed by atoms with van der Waals surface area (Å²) in [6, 6.07) is 7.22. The number of rotatable bonds is 3. The van der Waals surface area contributed by atoms with Crippen LogP contribution < -0.4 is 0 Å².